The van der Waals surface area contributed by atoms with Crippen LogP contribution in [0.2, 0.25) is 0 Å². The maximum absolute atomic E-state index is 11.0. The number of carbonyl (C=O) groups is 1. The zero-order valence-electron chi connectivity index (χ0n) is 11.0. The van der Waals surface area contributed by atoms with Gasteiger partial charge in [0.2, 0.25) is 0 Å². The molecule has 0 radical (unpaired) electrons. The quantitative estimate of drug-likeness (QED) is 0.889. The van der Waals surface area contributed by atoms with Crippen molar-refractivity contribution >= 4 is 5.97 Å². The Bertz CT molecular complexity index is 434. The van der Waals surface area contributed by atoms with Crippen molar-refractivity contribution in [1.29, 1.82) is 0 Å². The van der Waals surface area contributed by atoms with E-state index in [0.29, 0.717) is 6.04 Å². The molecule has 2 unspecified atom stereocenters. The Kier molecular flexibility index (Phi) is 3.97. The Morgan fingerprint density at radius 2 is 2.33 bits per heavy atom. The number of aliphatic carboxylic acids is 1. The summed E-state index contributed by atoms with van der Waals surface area (Å²) in [5, 5.41) is 9.04. The zero-order valence-corrected chi connectivity index (χ0v) is 11.0. The standard InChI is InChI=1S/C14H20N2O2/c1-10-5-12(8-15-7-10)9-16-4-3-13(14(17)18)6-11(16)2/h5,7-8,11,13H,3-4,6,9H2,1-2H3,(H,17,18). The smallest absolute Gasteiger partial charge is 0.306 e. The van der Waals surface area contributed by atoms with Crippen molar-refractivity contribution in [3.8, 4) is 0 Å². The molecule has 0 spiro atoms. The number of piperidine rings is 1. The maximum atomic E-state index is 11.0. The molecule has 0 saturated carbocycles. The first-order valence-electron chi connectivity index (χ1n) is 6.43. The molecule has 2 heterocycles. The van der Waals surface area contributed by atoms with Gasteiger partial charge < -0.3 is 5.11 Å². The fourth-order valence-electron chi connectivity index (χ4n) is 2.62. The highest BCUT2D eigenvalue weighted by atomic mass is 16.4. The van der Waals surface area contributed by atoms with Gasteiger partial charge in [-0.3, -0.25) is 14.7 Å². The molecule has 1 aliphatic rings. The van der Waals surface area contributed by atoms with Crippen molar-refractivity contribution in [3.63, 3.8) is 0 Å². The number of rotatable bonds is 3. The Morgan fingerprint density at radius 1 is 1.56 bits per heavy atom. The lowest BCUT2D eigenvalue weighted by Gasteiger charge is -2.36. The molecule has 4 heteroatoms. The molecule has 1 fully saturated rings. The van der Waals surface area contributed by atoms with Crippen LogP contribution in [-0.4, -0.2) is 33.5 Å². The lowest BCUT2D eigenvalue weighted by molar-refractivity contribution is -0.144. The number of hydrogen-bond donors (Lipinski definition) is 1. The average Bonchev–Trinajstić information content (AvgIpc) is 2.31. The van der Waals surface area contributed by atoms with E-state index in [1.807, 2.05) is 19.3 Å². The number of carboxylic acid groups (broad SMARTS) is 1. The van der Waals surface area contributed by atoms with Crippen molar-refractivity contribution < 1.29 is 9.90 Å². The predicted molar refractivity (Wildman–Crippen MR) is 69.2 cm³/mol. The zero-order chi connectivity index (χ0) is 13.1. The van der Waals surface area contributed by atoms with Crippen LogP contribution >= 0.6 is 0 Å². The van der Waals surface area contributed by atoms with E-state index in [4.69, 9.17) is 5.11 Å². The number of hydrogen-bond acceptors (Lipinski definition) is 3. The van der Waals surface area contributed by atoms with E-state index in [0.717, 1.165) is 25.9 Å². The van der Waals surface area contributed by atoms with E-state index in [-0.39, 0.29) is 5.92 Å². The first-order chi connectivity index (χ1) is 8.56. The highest BCUT2D eigenvalue weighted by molar-refractivity contribution is 5.70. The van der Waals surface area contributed by atoms with Crippen LogP contribution in [0.25, 0.3) is 0 Å². The van der Waals surface area contributed by atoms with Crippen LogP contribution in [0.3, 0.4) is 0 Å². The lowest BCUT2D eigenvalue weighted by atomic mass is 9.91. The molecule has 1 aromatic rings. The van der Waals surface area contributed by atoms with Gasteiger partial charge in [0.25, 0.3) is 0 Å². The third kappa shape index (κ3) is 3.07. The molecular formula is C14H20N2O2. The fourth-order valence-corrected chi connectivity index (χ4v) is 2.62. The van der Waals surface area contributed by atoms with Crippen LogP contribution in [0.1, 0.15) is 30.9 Å². The molecule has 2 rings (SSSR count). The van der Waals surface area contributed by atoms with E-state index in [1.54, 1.807) is 0 Å². The number of likely N-dealkylation sites (tertiary alicyclic amines) is 1. The minimum atomic E-state index is -0.654. The topological polar surface area (TPSA) is 53.4 Å². The van der Waals surface area contributed by atoms with Crippen molar-refractivity contribution in [2.75, 3.05) is 6.54 Å². The molecule has 98 valence electrons. The predicted octanol–water partition coefficient (Wildman–Crippen LogP) is 2.08. The number of pyridine rings is 1. The van der Waals surface area contributed by atoms with Gasteiger partial charge in [-0.15, -0.1) is 0 Å². The number of aryl methyl sites for hydroxylation is 1. The average molecular weight is 248 g/mol. The Hall–Kier alpha value is -1.42. The monoisotopic (exact) mass is 248 g/mol. The van der Waals surface area contributed by atoms with Crippen LogP contribution in [0.15, 0.2) is 18.5 Å². The van der Waals surface area contributed by atoms with Crippen molar-refractivity contribution in [3.05, 3.63) is 29.6 Å². The van der Waals surface area contributed by atoms with Crippen molar-refractivity contribution in [2.24, 2.45) is 5.92 Å². The molecule has 0 aromatic carbocycles. The van der Waals surface area contributed by atoms with Crippen LogP contribution in [0, 0.1) is 12.8 Å². The fraction of sp³-hybridized carbons (Fsp3) is 0.571. The summed E-state index contributed by atoms with van der Waals surface area (Å²) in [6.45, 7) is 5.86. The Balaban J connectivity index is 1.97. The van der Waals surface area contributed by atoms with E-state index in [1.165, 1.54) is 11.1 Å². The molecule has 1 aromatic heterocycles. The number of carboxylic acids is 1. The molecule has 0 amide bonds. The second kappa shape index (κ2) is 5.48. The van der Waals surface area contributed by atoms with Gasteiger partial charge in [-0.1, -0.05) is 6.07 Å². The van der Waals surface area contributed by atoms with Crippen LogP contribution in [0.5, 0.6) is 0 Å². The van der Waals surface area contributed by atoms with Crippen LogP contribution < -0.4 is 0 Å². The summed E-state index contributed by atoms with van der Waals surface area (Å²) >= 11 is 0. The first-order valence-corrected chi connectivity index (χ1v) is 6.43. The van der Waals surface area contributed by atoms with Crippen molar-refractivity contribution in [2.45, 2.75) is 39.3 Å². The highest BCUT2D eigenvalue weighted by Crippen LogP contribution is 2.24. The first kappa shape index (κ1) is 13.0. The SMILES string of the molecule is Cc1cncc(CN2CCC(C(=O)O)CC2C)c1. The molecule has 1 aliphatic heterocycles. The molecule has 1 saturated heterocycles. The van der Waals surface area contributed by atoms with Gasteiger partial charge in [-0.05, 0) is 44.4 Å². The second-order valence-corrected chi connectivity index (χ2v) is 5.25. The van der Waals surface area contributed by atoms with Crippen LogP contribution in [0.4, 0.5) is 0 Å². The summed E-state index contributed by atoms with van der Waals surface area (Å²) in [5.74, 6) is -0.828. The van der Waals surface area contributed by atoms with Gasteiger partial charge >= 0.3 is 5.97 Å². The largest absolute Gasteiger partial charge is 0.481 e. The Labute approximate surface area is 108 Å². The van der Waals surface area contributed by atoms with E-state index >= 15 is 0 Å². The summed E-state index contributed by atoms with van der Waals surface area (Å²) in [5.41, 5.74) is 2.37. The maximum Gasteiger partial charge on any atom is 0.306 e. The van der Waals surface area contributed by atoms with Gasteiger partial charge in [-0.2, -0.15) is 0 Å². The summed E-state index contributed by atoms with van der Waals surface area (Å²) in [6.07, 6.45) is 5.24. The van der Waals surface area contributed by atoms with Gasteiger partial charge in [0, 0.05) is 25.0 Å². The molecule has 4 nitrogen and oxygen atoms in total. The minimum Gasteiger partial charge on any atom is -0.481 e. The summed E-state index contributed by atoms with van der Waals surface area (Å²) < 4.78 is 0. The van der Waals surface area contributed by atoms with Gasteiger partial charge in [0.1, 0.15) is 0 Å². The number of nitrogens with zero attached hydrogens (tertiary/aromatic N) is 2. The van der Waals surface area contributed by atoms with Crippen LogP contribution in [-0.2, 0) is 11.3 Å². The van der Waals surface area contributed by atoms with E-state index < -0.39 is 5.97 Å². The number of aromatic nitrogens is 1. The van der Waals surface area contributed by atoms with Gasteiger partial charge in [0.15, 0.2) is 0 Å². The molecule has 2 atom stereocenters. The minimum absolute atomic E-state index is 0.174. The van der Waals surface area contributed by atoms with Crippen molar-refractivity contribution in [1.82, 2.24) is 9.88 Å². The molecular weight excluding hydrogens is 228 g/mol. The van der Waals surface area contributed by atoms with Gasteiger partial charge in [-0.25, -0.2) is 0 Å². The third-order valence-corrected chi connectivity index (χ3v) is 3.68. The molecule has 0 aliphatic carbocycles. The second-order valence-electron chi connectivity index (χ2n) is 5.25. The summed E-state index contributed by atoms with van der Waals surface area (Å²) in [7, 11) is 0. The third-order valence-electron chi connectivity index (χ3n) is 3.68. The normalized spacial score (nSPS) is 25.0. The summed E-state index contributed by atoms with van der Waals surface area (Å²) in [6, 6.07) is 2.46. The van der Waals surface area contributed by atoms with Gasteiger partial charge in [0.05, 0.1) is 5.92 Å². The molecule has 1 N–H and O–H groups in total. The summed E-state index contributed by atoms with van der Waals surface area (Å²) in [4.78, 5) is 17.5. The highest BCUT2D eigenvalue weighted by Gasteiger charge is 2.29. The lowest BCUT2D eigenvalue weighted by Crippen LogP contribution is -2.42. The van der Waals surface area contributed by atoms with E-state index in [2.05, 4.69) is 22.9 Å². The molecule has 18 heavy (non-hydrogen) atoms. The Morgan fingerprint density at radius 3 is 2.94 bits per heavy atom. The molecule has 0 bridgehead atoms. The van der Waals surface area contributed by atoms with E-state index in [9.17, 15) is 4.79 Å².